The minimum atomic E-state index is -2.46. The van der Waals surface area contributed by atoms with Crippen molar-refractivity contribution in [2.45, 2.75) is 180 Å². The lowest BCUT2D eigenvalue weighted by molar-refractivity contribution is -0.266. The molecule has 0 unspecified atom stereocenters. The summed E-state index contributed by atoms with van der Waals surface area (Å²) in [6.07, 6.45) is 10.9. The molecule has 4 rings (SSSR count). The predicted octanol–water partition coefficient (Wildman–Crippen LogP) is 6.20. The zero-order chi connectivity index (χ0) is 50.3. The van der Waals surface area contributed by atoms with E-state index in [1.54, 1.807) is 41.1 Å². The summed E-state index contributed by atoms with van der Waals surface area (Å²) in [7, 11) is 4.52. The van der Waals surface area contributed by atoms with Gasteiger partial charge >= 0.3 is 5.97 Å². The summed E-state index contributed by atoms with van der Waals surface area (Å²) in [6.45, 7) is 13.4. The Morgan fingerprint density at radius 3 is 2.28 bits per heavy atom. The second kappa shape index (κ2) is 27.3. The number of nitrogens with zero attached hydrogens (tertiary/aromatic N) is 1. The highest BCUT2D eigenvalue weighted by Gasteiger charge is 2.53. The molecular formula is C53H83NO14. The van der Waals surface area contributed by atoms with Crippen LogP contribution in [0.5, 0.6) is 0 Å². The predicted molar refractivity (Wildman–Crippen MR) is 256 cm³/mol. The second-order valence-electron chi connectivity index (χ2n) is 20.2. The van der Waals surface area contributed by atoms with Gasteiger partial charge in [-0.1, -0.05) is 71.1 Å². The first-order valence-corrected chi connectivity index (χ1v) is 25.0. The monoisotopic (exact) mass is 958 g/mol. The number of rotatable bonds is 9. The van der Waals surface area contributed by atoms with E-state index in [0.29, 0.717) is 63.5 Å². The number of aliphatic hydroxyl groups is 3. The zero-order valence-electron chi connectivity index (χ0n) is 42.4. The minimum Gasteiger partial charge on any atom is -0.460 e. The van der Waals surface area contributed by atoms with E-state index in [1.165, 1.54) is 12.0 Å². The highest BCUT2D eigenvalue weighted by molar-refractivity contribution is 6.39. The van der Waals surface area contributed by atoms with Gasteiger partial charge in [-0.05, 0) is 107 Å². The van der Waals surface area contributed by atoms with Gasteiger partial charge in [-0.15, -0.1) is 0 Å². The molecule has 0 aromatic carbocycles. The number of aliphatic hydroxyl groups excluding tert-OH is 2. The number of carbonyl (C=O) groups excluding carboxylic acids is 5. The van der Waals surface area contributed by atoms with Gasteiger partial charge in [0.2, 0.25) is 5.79 Å². The third kappa shape index (κ3) is 15.5. The Kier molecular flexibility index (Phi) is 22.9. The van der Waals surface area contributed by atoms with Crippen molar-refractivity contribution in [2.24, 2.45) is 35.5 Å². The van der Waals surface area contributed by atoms with E-state index in [4.69, 9.17) is 28.4 Å². The number of carbonyl (C=O) groups is 5. The lowest BCUT2D eigenvalue weighted by atomic mass is 9.78. The number of esters is 1. The van der Waals surface area contributed by atoms with E-state index < -0.39 is 83.9 Å². The van der Waals surface area contributed by atoms with Crippen LogP contribution < -0.4 is 0 Å². The zero-order valence-corrected chi connectivity index (χ0v) is 42.4. The topological polar surface area (TPSA) is 205 Å². The molecule has 15 nitrogen and oxygen atoms in total. The van der Waals surface area contributed by atoms with Gasteiger partial charge in [0.05, 0.1) is 37.6 Å². The molecule has 0 radical (unpaired) electrons. The quantitative estimate of drug-likeness (QED) is 0.102. The second-order valence-corrected chi connectivity index (χ2v) is 20.2. The Morgan fingerprint density at radius 1 is 0.853 bits per heavy atom. The standard InChI is InChI=1S/C53H83NO14/c1-32-16-12-11-13-17-33(2)44(66-25-24-63-8)30-40-21-19-38(7)53(62,68-40)50(59)51(60)54-23-15-14-18-41(54)52(61)67-45(35(4)28-39-20-22-42(55)46(29-39)64-9)31-43(56)34(3)27-37(6)48(58)49(65-10)47(57)36(5)26-32/h11-13,16-17,27,32,34-36,38-42,44-46,48-49,55,58,62H,14-15,18-26,28-31H2,1-10H3/b13-11+,16-12+,33-17+,37-27+/t32-,34-,35-,36-,38-,39+,40+,41+,42-,44-,45+,46-,48-,49+,53-/m1/s1. The first kappa shape index (κ1) is 57.2. The average molecular weight is 958 g/mol. The van der Waals surface area contributed by atoms with E-state index in [1.807, 2.05) is 58.1 Å². The summed E-state index contributed by atoms with van der Waals surface area (Å²) in [5, 5.41) is 34.0. The molecule has 3 fully saturated rings. The maximum atomic E-state index is 14.4. The Balaban J connectivity index is 1.72. The lowest BCUT2D eigenvalue weighted by Gasteiger charge is -2.43. The number of hydrogen-bond donors (Lipinski definition) is 3. The van der Waals surface area contributed by atoms with Crippen LogP contribution in [0.15, 0.2) is 47.6 Å². The van der Waals surface area contributed by atoms with Crippen molar-refractivity contribution >= 4 is 29.2 Å². The van der Waals surface area contributed by atoms with Gasteiger partial charge in [-0.3, -0.25) is 19.2 Å². The van der Waals surface area contributed by atoms with Crippen LogP contribution in [-0.2, 0) is 52.4 Å². The average Bonchev–Trinajstić information content (AvgIpc) is 3.31. The molecule has 1 saturated carbocycles. The van der Waals surface area contributed by atoms with E-state index in [9.17, 15) is 39.3 Å². The van der Waals surface area contributed by atoms with Crippen LogP contribution in [0.2, 0.25) is 0 Å². The molecule has 2 bridgehead atoms. The minimum absolute atomic E-state index is 0.00394. The number of fused-ring (bicyclic) bond motifs is 3. The van der Waals surface area contributed by atoms with E-state index in [2.05, 4.69) is 0 Å². The number of amides is 1. The Morgan fingerprint density at radius 2 is 1.59 bits per heavy atom. The van der Waals surface area contributed by atoms with Crippen LogP contribution in [-0.4, -0.2) is 145 Å². The van der Waals surface area contributed by atoms with Crippen molar-refractivity contribution in [1.82, 2.24) is 4.90 Å². The van der Waals surface area contributed by atoms with Gasteiger partial charge in [0.15, 0.2) is 5.78 Å². The fraction of sp³-hybridized carbons (Fsp3) is 0.755. The van der Waals surface area contributed by atoms with Crippen molar-refractivity contribution < 1.29 is 67.7 Å². The number of hydrogen-bond acceptors (Lipinski definition) is 14. The fourth-order valence-electron chi connectivity index (χ4n) is 10.3. The number of methoxy groups -OCH3 is 3. The summed E-state index contributed by atoms with van der Waals surface area (Å²) in [4.78, 5) is 72.2. The van der Waals surface area contributed by atoms with Crippen molar-refractivity contribution in [1.29, 1.82) is 0 Å². The van der Waals surface area contributed by atoms with E-state index in [0.717, 1.165) is 12.0 Å². The number of ether oxygens (including phenoxy) is 6. The number of allylic oxidation sites excluding steroid dienone is 6. The molecule has 0 spiro atoms. The highest BCUT2D eigenvalue weighted by atomic mass is 16.6. The smallest absolute Gasteiger partial charge is 0.329 e. The molecule has 384 valence electrons. The first-order chi connectivity index (χ1) is 32.2. The molecule has 3 N–H and O–H groups in total. The highest BCUT2D eigenvalue weighted by Crippen LogP contribution is 2.38. The molecule has 2 saturated heterocycles. The molecule has 4 aliphatic rings. The van der Waals surface area contributed by atoms with Gasteiger partial charge in [0, 0.05) is 58.5 Å². The van der Waals surface area contributed by atoms with Crippen LogP contribution in [0.4, 0.5) is 0 Å². The van der Waals surface area contributed by atoms with Crippen LogP contribution >= 0.6 is 0 Å². The summed E-state index contributed by atoms with van der Waals surface area (Å²) in [5.41, 5.74) is 1.24. The number of piperidine rings is 1. The van der Waals surface area contributed by atoms with Crippen LogP contribution in [0.25, 0.3) is 0 Å². The number of cyclic esters (lactones) is 1. The van der Waals surface area contributed by atoms with Gasteiger partial charge in [0.1, 0.15) is 30.1 Å². The molecule has 15 heteroatoms. The first-order valence-electron chi connectivity index (χ1n) is 25.0. The normalized spacial score (nSPS) is 39.2. The Bertz CT molecular complexity index is 1810. The molecule has 1 amide bonds. The molecule has 0 aromatic rings. The molecule has 3 heterocycles. The summed E-state index contributed by atoms with van der Waals surface area (Å²) < 4.78 is 35.1. The van der Waals surface area contributed by atoms with Crippen LogP contribution in [0, 0.1) is 35.5 Å². The maximum absolute atomic E-state index is 14.4. The molecule has 3 aliphatic heterocycles. The third-order valence-electron chi connectivity index (χ3n) is 14.8. The van der Waals surface area contributed by atoms with E-state index >= 15 is 0 Å². The van der Waals surface area contributed by atoms with Gasteiger partial charge in [0.25, 0.3) is 11.7 Å². The number of ketones is 3. The van der Waals surface area contributed by atoms with Crippen molar-refractivity contribution in [2.75, 3.05) is 41.1 Å². The Hall–Kier alpha value is -3.41. The SMILES string of the molecule is COCCO[C@@H]1C[C@@H]2CC[C@@H](C)[C@@](O)(O2)C(=O)C(=O)N2CCCC[C@H]2C(=O)O[C@H]([C@H](C)C[C@@H]2CC[C@@H](O)[C@H](OC)C2)CC(=O)[C@H](C)/C=C(\C)[C@@H](O)[C@@H](OC)C(=O)[C@H](C)C[C@H](C)/C=C/C=C/C=C/1C. The summed E-state index contributed by atoms with van der Waals surface area (Å²) in [5.74, 6) is -8.09. The molecule has 15 atom stereocenters. The van der Waals surface area contributed by atoms with E-state index in [-0.39, 0.29) is 67.8 Å². The summed E-state index contributed by atoms with van der Waals surface area (Å²) in [6, 6.07) is -1.15. The molecular weight excluding hydrogens is 875 g/mol. The van der Waals surface area contributed by atoms with Gasteiger partial charge < -0.3 is 48.6 Å². The van der Waals surface area contributed by atoms with Gasteiger partial charge in [-0.25, -0.2) is 4.79 Å². The van der Waals surface area contributed by atoms with Crippen LogP contribution in [0.1, 0.15) is 126 Å². The summed E-state index contributed by atoms with van der Waals surface area (Å²) >= 11 is 0. The molecule has 1 aliphatic carbocycles. The maximum Gasteiger partial charge on any atom is 0.329 e. The van der Waals surface area contributed by atoms with Crippen molar-refractivity contribution in [3.63, 3.8) is 0 Å². The largest absolute Gasteiger partial charge is 0.460 e. The van der Waals surface area contributed by atoms with Gasteiger partial charge in [-0.2, -0.15) is 0 Å². The Labute approximate surface area is 405 Å². The number of Topliss-reactive ketones (excluding diaryl/α,β-unsaturated/α-hetero) is 3. The molecule has 68 heavy (non-hydrogen) atoms. The fourth-order valence-corrected chi connectivity index (χ4v) is 10.3. The molecule has 0 aromatic heterocycles. The van der Waals surface area contributed by atoms with Crippen molar-refractivity contribution in [3.8, 4) is 0 Å². The third-order valence-corrected chi connectivity index (χ3v) is 14.8. The van der Waals surface area contributed by atoms with Crippen LogP contribution in [0.3, 0.4) is 0 Å². The van der Waals surface area contributed by atoms with Crippen molar-refractivity contribution in [3.05, 3.63) is 47.6 Å². The lowest BCUT2D eigenvalue weighted by Crippen LogP contribution is -2.61.